The number of hydrogen-bond donors (Lipinski definition) is 2. The number of primary amides is 1. The van der Waals surface area contributed by atoms with Gasteiger partial charge in [-0.3, -0.25) is 14.4 Å². The predicted octanol–water partition coefficient (Wildman–Crippen LogP) is 1.74. The highest BCUT2D eigenvalue weighted by Gasteiger charge is 2.24. The average molecular weight is 448 g/mol. The number of carbonyl (C=O) groups excluding carboxylic acids is 2. The molecule has 8 nitrogen and oxygen atoms in total. The Morgan fingerprint density at radius 3 is 2.82 bits per heavy atom. The van der Waals surface area contributed by atoms with Crippen molar-refractivity contribution >= 4 is 39.2 Å². The van der Waals surface area contributed by atoms with Gasteiger partial charge >= 0.3 is 0 Å². The third-order valence-corrected chi connectivity index (χ3v) is 5.18. The number of aryl methyl sites for hydroxylation is 1. The fourth-order valence-corrected chi connectivity index (χ4v) is 3.57. The van der Waals surface area contributed by atoms with Crippen LogP contribution >= 0.6 is 15.9 Å². The average Bonchev–Trinajstić information content (AvgIpc) is 2.69. The number of carbonyl (C=O) groups is 2. The largest absolute Gasteiger partial charge is 0.369 e. The van der Waals surface area contributed by atoms with Crippen LogP contribution in [-0.4, -0.2) is 34.5 Å². The van der Waals surface area contributed by atoms with E-state index in [9.17, 15) is 14.4 Å². The van der Waals surface area contributed by atoms with Gasteiger partial charge in [0.05, 0.1) is 17.8 Å². The number of nitrogens with zero attached hydrogens (tertiary/aromatic N) is 3. The zero-order valence-electron chi connectivity index (χ0n) is 15.3. The van der Waals surface area contributed by atoms with E-state index in [4.69, 9.17) is 5.73 Å². The number of halogens is 1. The predicted molar refractivity (Wildman–Crippen MR) is 110 cm³/mol. The van der Waals surface area contributed by atoms with Crippen molar-refractivity contribution in [2.24, 2.45) is 11.7 Å². The maximum absolute atomic E-state index is 12.2. The van der Waals surface area contributed by atoms with Crippen molar-refractivity contribution in [2.45, 2.75) is 25.8 Å². The summed E-state index contributed by atoms with van der Waals surface area (Å²) >= 11 is 3.31. The lowest BCUT2D eigenvalue weighted by Crippen LogP contribution is -2.41. The first-order chi connectivity index (χ1) is 13.4. The van der Waals surface area contributed by atoms with Crippen molar-refractivity contribution < 1.29 is 9.59 Å². The molecule has 1 saturated heterocycles. The number of aromatic nitrogens is 2. The smallest absolute Gasteiger partial charge is 0.250 e. The van der Waals surface area contributed by atoms with Gasteiger partial charge in [-0.15, -0.1) is 0 Å². The van der Waals surface area contributed by atoms with Gasteiger partial charge in [0, 0.05) is 42.8 Å². The third kappa shape index (κ3) is 5.19. The zero-order valence-corrected chi connectivity index (χ0v) is 16.9. The highest BCUT2D eigenvalue weighted by Crippen LogP contribution is 2.22. The Bertz CT molecular complexity index is 913. The second-order valence-corrected chi connectivity index (χ2v) is 7.69. The summed E-state index contributed by atoms with van der Waals surface area (Å²) in [6, 6.07) is 6.71. The van der Waals surface area contributed by atoms with E-state index in [0.717, 1.165) is 29.7 Å². The van der Waals surface area contributed by atoms with Gasteiger partial charge in [0.1, 0.15) is 5.82 Å². The molecule has 1 aliphatic rings. The minimum atomic E-state index is -0.280. The second-order valence-electron chi connectivity index (χ2n) is 6.77. The number of pyridine rings is 2. The van der Waals surface area contributed by atoms with Crippen LogP contribution < -0.4 is 21.5 Å². The van der Waals surface area contributed by atoms with Gasteiger partial charge in [-0.2, -0.15) is 0 Å². The Morgan fingerprint density at radius 1 is 1.29 bits per heavy atom. The van der Waals surface area contributed by atoms with Gasteiger partial charge in [-0.1, -0.05) is 0 Å². The van der Waals surface area contributed by atoms with E-state index in [2.05, 4.69) is 26.2 Å². The lowest BCUT2D eigenvalue weighted by molar-refractivity contribution is -0.122. The summed E-state index contributed by atoms with van der Waals surface area (Å²) in [5.41, 5.74) is 5.84. The number of piperidine rings is 1. The molecule has 2 aromatic rings. The van der Waals surface area contributed by atoms with Crippen LogP contribution in [0.2, 0.25) is 0 Å². The SMILES string of the molecule is NC(=O)C1CCCN(c2ccc(NC(=O)CCn3cc(Br)ccc3=O)cn2)C1. The maximum Gasteiger partial charge on any atom is 0.250 e. The van der Waals surface area contributed by atoms with Gasteiger partial charge in [0.2, 0.25) is 11.8 Å². The second kappa shape index (κ2) is 9.01. The van der Waals surface area contributed by atoms with E-state index in [1.807, 2.05) is 11.0 Å². The zero-order chi connectivity index (χ0) is 20.1. The van der Waals surface area contributed by atoms with Crippen LogP contribution in [0.25, 0.3) is 0 Å². The summed E-state index contributed by atoms with van der Waals surface area (Å²) in [5.74, 6) is 0.118. The summed E-state index contributed by atoms with van der Waals surface area (Å²) in [6.07, 6.45) is 5.12. The Kier molecular flexibility index (Phi) is 6.45. The molecule has 0 saturated carbocycles. The molecule has 3 rings (SSSR count). The molecular weight excluding hydrogens is 426 g/mol. The summed E-state index contributed by atoms with van der Waals surface area (Å²) in [4.78, 5) is 41.8. The van der Waals surface area contributed by atoms with Crippen LogP contribution in [0, 0.1) is 5.92 Å². The molecule has 0 spiro atoms. The van der Waals surface area contributed by atoms with E-state index in [0.29, 0.717) is 12.2 Å². The van der Waals surface area contributed by atoms with E-state index in [1.54, 1.807) is 24.5 Å². The van der Waals surface area contributed by atoms with Crippen LogP contribution in [0.15, 0.2) is 45.9 Å². The molecule has 1 unspecified atom stereocenters. The van der Waals surface area contributed by atoms with E-state index in [1.165, 1.54) is 10.6 Å². The molecule has 9 heteroatoms. The standard InChI is InChI=1S/C19H22BrN5O3/c20-14-3-6-18(27)25(12-14)9-7-17(26)23-15-4-5-16(22-10-15)24-8-1-2-13(11-24)19(21)28/h3-6,10,12-13H,1-2,7-9,11H2,(H2,21,28)(H,23,26). The molecule has 0 aromatic carbocycles. The lowest BCUT2D eigenvalue weighted by atomic mass is 9.97. The molecule has 0 aliphatic carbocycles. The van der Waals surface area contributed by atoms with Gasteiger partial charge < -0.3 is 20.5 Å². The summed E-state index contributed by atoms with van der Waals surface area (Å²) < 4.78 is 2.26. The van der Waals surface area contributed by atoms with Crippen LogP contribution in [0.4, 0.5) is 11.5 Å². The monoisotopic (exact) mass is 447 g/mol. The molecule has 0 bridgehead atoms. The number of amides is 2. The van der Waals surface area contributed by atoms with Gasteiger partial charge in [0.15, 0.2) is 0 Å². The van der Waals surface area contributed by atoms with Crippen molar-refractivity contribution in [1.82, 2.24) is 9.55 Å². The van der Waals surface area contributed by atoms with Crippen molar-refractivity contribution in [1.29, 1.82) is 0 Å². The number of nitrogens with one attached hydrogen (secondary N) is 1. The van der Waals surface area contributed by atoms with Gasteiger partial charge in [0.25, 0.3) is 5.56 Å². The number of rotatable bonds is 6. The minimum absolute atomic E-state index is 0.155. The fraction of sp³-hybridized carbons (Fsp3) is 0.368. The highest BCUT2D eigenvalue weighted by molar-refractivity contribution is 9.10. The fourth-order valence-electron chi connectivity index (χ4n) is 3.19. The molecule has 1 fully saturated rings. The molecule has 0 radical (unpaired) electrons. The van der Waals surface area contributed by atoms with Gasteiger partial charge in [-0.05, 0) is 47.0 Å². The first-order valence-corrected chi connectivity index (χ1v) is 9.88. The minimum Gasteiger partial charge on any atom is -0.369 e. The van der Waals surface area contributed by atoms with Crippen LogP contribution in [0.5, 0.6) is 0 Å². The summed E-state index contributed by atoms with van der Waals surface area (Å²) in [6.45, 7) is 1.68. The molecule has 1 atom stereocenters. The van der Waals surface area contributed by atoms with Crippen LogP contribution in [0.1, 0.15) is 19.3 Å². The number of anilines is 2. The molecule has 2 aromatic heterocycles. The summed E-state index contributed by atoms with van der Waals surface area (Å²) in [5, 5.41) is 2.78. The van der Waals surface area contributed by atoms with Crippen molar-refractivity contribution in [2.75, 3.05) is 23.3 Å². The van der Waals surface area contributed by atoms with Gasteiger partial charge in [-0.25, -0.2) is 4.98 Å². The molecule has 3 heterocycles. The molecular formula is C19H22BrN5O3. The Morgan fingerprint density at radius 2 is 2.11 bits per heavy atom. The highest BCUT2D eigenvalue weighted by atomic mass is 79.9. The molecule has 3 N–H and O–H groups in total. The molecule has 148 valence electrons. The molecule has 2 amide bonds. The Hall–Kier alpha value is -2.68. The lowest BCUT2D eigenvalue weighted by Gasteiger charge is -2.32. The van der Waals surface area contributed by atoms with Crippen molar-refractivity contribution in [3.05, 3.63) is 51.5 Å². The number of nitrogens with two attached hydrogens (primary N) is 1. The number of hydrogen-bond acceptors (Lipinski definition) is 5. The Balaban J connectivity index is 1.55. The normalized spacial score (nSPS) is 16.6. The van der Waals surface area contributed by atoms with Crippen LogP contribution in [-0.2, 0) is 16.1 Å². The third-order valence-electron chi connectivity index (χ3n) is 4.71. The molecule has 1 aliphatic heterocycles. The topological polar surface area (TPSA) is 110 Å². The van der Waals surface area contributed by atoms with Crippen LogP contribution in [0.3, 0.4) is 0 Å². The van der Waals surface area contributed by atoms with E-state index >= 15 is 0 Å². The first kappa shape index (κ1) is 20.1. The molecule has 28 heavy (non-hydrogen) atoms. The van der Waals surface area contributed by atoms with E-state index in [-0.39, 0.29) is 36.3 Å². The first-order valence-electron chi connectivity index (χ1n) is 9.08. The van der Waals surface area contributed by atoms with Crippen molar-refractivity contribution in [3.8, 4) is 0 Å². The Labute approximate surface area is 170 Å². The van der Waals surface area contributed by atoms with E-state index < -0.39 is 0 Å². The maximum atomic E-state index is 12.2. The quantitative estimate of drug-likeness (QED) is 0.700. The van der Waals surface area contributed by atoms with Crippen molar-refractivity contribution in [3.63, 3.8) is 0 Å². The summed E-state index contributed by atoms with van der Waals surface area (Å²) in [7, 11) is 0.